The standard InChI is InChI=1S/C28H40N2O7/c1-4-15-30(16-5-2)24(32)19-20-10-9-13-22(18-20)27(35)29-28(36,26(34)23(31)14-17-37-3)25(33)21-11-7-6-8-12-21/h6-13,18,23,25-26,31,33-34,36H,4-5,14-17,19H2,1-3H3,(H,29,35). The quantitative estimate of drug-likeness (QED) is 0.227. The molecule has 0 aromatic heterocycles. The van der Waals surface area contributed by atoms with E-state index in [0.717, 1.165) is 12.8 Å². The summed E-state index contributed by atoms with van der Waals surface area (Å²) >= 11 is 0. The predicted molar refractivity (Wildman–Crippen MR) is 140 cm³/mol. The second-order valence-electron chi connectivity index (χ2n) is 9.14. The molecule has 9 heteroatoms. The van der Waals surface area contributed by atoms with E-state index >= 15 is 0 Å². The van der Waals surface area contributed by atoms with Crippen LogP contribution < -0.4 is 5.32 Å². The summed E-state index contributed by atoms with van der Waals surface area (Å²) in [4.78, 5) is 27.8. The van der Waals surface area contributed by atoms with Gasteiger partial charge in [0.1, 0.15) is 12.2 Å². The molecule has 9 nitrogen and oxygen atoms in total. The Labute approximate surface area is 218 Å². The number of aliphatic hydroxyl groups excluding tert-OH is 3. The molecule has 0 saturated heterocycles. The van der Waals surface area contributed by atoms with Crippen molar-refractivity contribution in [3.8, 4) is 0 Å². The third-order valence-electron chi connectivity index (χ3n) is 6.16. The fourth-order valence-electron chi connectivity index (χ4n) is 4.15. The molecular formula is C28H40N2O7. The number of rotatable bonds is 15. The first-order chi connectivity index (χ1) is 17.7. The van der Waals surface area contributed by atoms with Gasteiger partial charge in [0.15, 0.2) is 5.72 Å². The Kier molecular flexibility index (Phi) is 12.2. The summed E-state index contributed by atoms with van der Waals surface area (Å²) in [5.41, 5.74) is -1.66. The van der Waals surface area contributed by atoms with Crippen molar-refractivity contribution in [2.24, 2.45) is 0 Å². The minimum atomic E-state index is -2.63. The van der Waals surface area contributed by atoms with Crippen molar-refractivity contribution in [3.05, 3.63) is 71.3 Å². The second kappa shape index (κ2) is 14.8. The van der Waals surface area contributed by atoms with E-state index in [1.54, 1.807) is 35.2 Å². The maximum Gasteiger partial charge on any atom is 0.253 e. The topological polar surface area (TPSA) is 140 Å². The van der Waals surface area contributed by atoms with E-state index < -0.39 is 29.9 Å². The normalized spacial score (nSPS) is 15.3. The van der Waals surface area contributed by atoms with E-state index in [4.69, 9.17) is 4.74 Å². The zero-order chi connectivity index (χ0) is 27.4. The first kappa shape index (κ1) is 30.4. The van der Waals surface area contributed by atoms with Gasteiger partial charge in [0.2, 0.25) is 5.91 Å². The summed E-state index contributed by atoms with van der Waals surface area (Å²) < 4.78 is 4.93. The Bertz CT molecular complexity index is 982. The highest BCUT2D eigenvalue weighted by Crippen LogP contribution is 2.30. The molecule has 37 heavy (non-hydrogen) atoms. The van der Waals surface area contributed by atoms with Crippen molar-refractivity contribution in [1.82, 2.24) is 10.2 Å². The van der Waals surface area contributed by atoms with Gasteiger partial charge < -0.3 is 35.4 Å². The van der Waals surface area contributed by atoms with Gasteiger partial charge in [0, 0.05) is 32.4 Å². The highest BCUT2D eigenvalue weighted by Gasteiger charge is 2.48. The third-order valence-corrected chi connectivity index (χ3v) is 6.16. The van der Waals surface area contributed by atoms with Gasteiger partial charge in [-0.05, 0) is 42.5 Å². The van der Waals surface area contributed by atoms with Crippen molar-refractivity contribution in [1.29, 1.82) is 0 Å². The van der Waals surface area contributed by atoms with Crippen LogP contribution in [0.25, 0.3) is 0 Å². The molecule has 0 radical (unpaired) electrons. The van der Waals surface area contributed by atoms with Gasteiger partial charge in [-0.3, -0.25) is 9.59 Å². The summed E-state index contributed by atoms with van der Waals surface area (Å²) in [6.07, 6.45) is -3.45. The van der Waals surface area contributed by atoms with Crippen molar-refractivity contribution in [3.63, 3.8) is 0 Å². The predicted octanol–water partition coefficient (Wildman–Crippen LogP) is 1.79. The molecule has 0 heterocycles. The summed E-state index contributed by atoms with van der Waals surface area (Å²) in [5.74, 6) is -0.835. The SMILES string of the molecule is CCCN(CCC)C(=O)Cc1cccc(C(=O)NC(O)(C(O)c2ccccc2)C(O)C(O)CCOC)c1. The summed E-state index contributed by atoms with van der Waals surface area (Å²) in [5, 5.41) is 46.0. The number of benzene rings is 2. The maximum atomic E-state index is 13.2. The molecule has 4 unspecified atom stereocenters. The number of methoxy groups -OCH3 is 1. The van der Waals surface area contributed by atoms with E-state index in [9.17, 15) is 30.0 Å². The summed E-state index contributed by atoms with van der Waals surface area (Å²) in [6.45, 7) is 5.41. The minimum Gasteiger partial charge on any atom is -0.390 e. The molecule has 5 N–H and O–H groups in total. The highest BCUT2D eigenvalue weighted by atomic mass is 16.5. The van der Waals surface area contributed by atoms with Crippen LogP contribution in [0.3, 0.4) is 0 Å². The Morgan fingerprint density at radius 1 is 1.00 bits per heavy atom. The maximum absolute atomic E-state index is 13.2. The van der Waals surface area contributed by atoms with E-state index in [-0.39, 0.29) is 36.5 Å². The van der Waals surface area contributed by atoms with Crippen LogP contribution in [0, 0.1) is 0 Å². The van der Waals surface area contributed by atoms with Crippen LogP contribution in [0.5, 0.6) is 0 Å². The molecule has 4 atom stereocenters. The van der Waals surface area contributed by atoms with E-state index in [2.05, 4.69) is 5.32 Å². The average molecular weight is 517 g/mol. The van der Waals surface area contributed by atoms with Gasteiger partial charge in [-0.25, -0.2) is 0 Å². The third kappa shape index (κ3) is 8.34. The van der Waals surface area contributed by atoms with E-state index in [1.165, 1.54) is 31.4 Å². The van der Waals surface area contributed by atoms with Crippen LogP contribution in [-0.2, 0) is 16.0 Å². The first-order valence-electron chi connectivity index (χ1n) is 12.7. The molecular weight excluding hydrogens is 476 g/mol. The van der Waals surface area contributed by atoms with Crippen LogP contribution >= 0.6 is 0 Å². The largest absolute Gasteiger partial charge is 0.390 e. The highest BCUT2D eigenvalue weighted by molar-refractivity contribution is 5.95. The van der Waals surface area contributed by atoms with Gasteiger partial charge in [-0.1, -0.05) is 56.3 Å². The molecule has 0 aliphatic heterocycles. The zero-order valence-corrected chi connectivity index (χ0v) is 21.8. The van der Waals surface area contributed by atoms with E-state index in [0.29, 0.717) is 18.7 Å². The fraction of sp³-hybridized carbons (Fsp3) is 0.500. The molecule has 0 fully saturated rings. The Balaban J connectivity index is 2.30. The lowest BCUT2D eigenvalue weighted by atomic mass is 9.89. The minimum absolute atomic E-state index is 0.0407. The number of nitrogens with zero attached hydrogens (tertiary/aromatic N) is 1. The number of carbonyl (C=O) groups is 2. The molecule has 0 saturated carbocycles. The number of carbonyl (C=O) groups excluding carboxylic acids is 2. The zero-order valence-electron chi connectivity index (χ0n) is 21.8. The fourth-order valence-corrected chi connectivity index (χ4v) is 4.15. The average Bonchev–Trinajstić information content (AvgIpc) is 2.91. The molecule has 0 aliphatic carbocycles. The molecule has 2 aromatic carbocycles. The number of ether oxygens (including phenoxy) is 1. The summed E-state index contributed by atoms with van der Waals surface area (Å²) in [6, 6.07) is 14.4. The number of aliphatic hydroxyl groups is 4. The molecule has 0 aliphatic rings. The van der Waals surface area contributed by atoms with Crippen LogP contribution in [0.2, 0.25) is 0 Å². The van der Waals surface area contributed by atoms with Gasteiger partial charge in [-0.15, -0.1) is 0 Å². The van der Waals surface area contributed by atoms with Crippen molar-refractivity contribution in [2.75, 3.05) is 26.8 Å². The molecule has 2 aromatic rings. The van der Waals surface area contributed by atoms with Crippen LogP contribution in [0.4, 0.5) is 0 Å². The van der Waals surface area contributed by atoms with Gasteiger partial charge in [0.25, 0.3) is 5.91 Å². The monoisotopic (exact) mass is 516 g/mol. The van der Waals surface area contributed by atoms with Crippen molar-refractivity contribution >= 4 is 11.8 Å². The molecule has 2 amide bonds. The number of hydrogen-bond donors (Lipinski definition) is 5. The number of nitrogens with one attached hydrogen (secondary N) is 1. The van der Waals surface area contributed by atoms with Gasteiger partial charge >= 0.3 is 0 Å². The Morgan fingerprint density at radius 3 is 2.24 bits per heavy atom. The lowest BCUT2D eigenvalue weighted by Crippen LogP contribution is -2.63. The lowest BCUT2D eigenvalue weighted by molar-refractivity contribution is -0.192. The van der Waals surface area contributed by atoms with E-state index in [1.807, 2.05) is 13.8 Å². The van der Waals surface area contributed by atoms with Crippen molar-refractivity contribution in [2.45, 2.75) is 63.6 Å². The van der Waals surface area contributed by atoms with Crippen molar-refractivity contribution < 1.29 is 34.8 Å². The van der Waals surface area contributed by atoms with Gasteiger partial charge in [0.05, 0.1) is 12.5 Å². The smallest absolute Gasteiger partial charge is 0.253 e. The molecule has 204 valence electrons. The number of amides is 2. The Morgan fingerprint density at radius 2 is 1.65 bits per heavy atom. The molecule has 0 bridgehead atoms. The van der Waals surface area contributed by atoms with Crippen LogP contribution in [0.1, 0.15) is 60.7 Å². The first-order valence-corrected chi connectivity index (χ1v) is 12.7. The second-order valence-corrected chi connectivity index (χ2v) is 9.14. The van der Waals surface area contributed by atoms with Crippen LogP contribution in [0.15, 0.2) is 54.6 Å². The molecule has 2 rings (SSSR count). The van der Waals surface area contributed by atoms with Gasteiger partial charge in [-0.2, -0.15) is 0 Å². The molecule has 0 spiro atoms. The lowest BCUT2D eigenvalue weighted by Gasteiger charge is -2.39. The summed E-state index contributed by atoms with van der Waals surface area (Å²) in [7, 11) is 1.42. The van der Waals surface area contributed by atoms with Crippen LogP contribution in [-0.4, -0.2) is 81.9 Å². The number of hydrogen-bond acceptors (Lipinski definition) is 7. The Hall–Kier alpha value is -2.82.